The van der Waals surface area contributed by atoms with Crippen LogP contribution >= 0.6 is 0 Å². The molecule has 0 bridgehead atoms. The number of nitrogens with two attached hydrogens (primary N) is 1. The van der Waals surface area contributed by atoms with E-state index in [1.54, 1.807) is 0 Å². The van der Waals surface area contributed by atoms with Crippen LogP contribution in [0.2, 0.25) is 0 Å². The van der Waals surface area contributed by atoms with E-state index in [0.717, 1.165) is 6.67 Å². The van der Waals surface area contributed by atoms with E-state index in [9.17, 15) is 4.79 Å². The summed E-state index contributed by atoms with van der Waals surface area (Å²) < 4.78 is 0. The van der Waals surface area contributed by atoms with Crippen LogP contribution in [0.1, 0.15) is 40.0 Å². The molecule has 0 saturated heterocycles. The van der Waals surface area contributed by atoms with Gasteiger partial charge in [-0.2, -0.15) is 0 Å². The minimum Gasteiger partial charge on any atom is -0.480 e. The highest BCUT2D eigenvalue weighted by atomic mass is 16.4. The molecule has 0 amide bonds. The van der Waals surface area contributed by atoms with Gasteiger partial charge in [0.25, 0.3) is 0 Å². The maximum atomic E-state index is 10.1. The normalized spacial score (nSPS) is 15.5. The van der Waals surface area contributed by atoms with Crippen LogP contribution in [-0.2, 0) is 4.79 Å². The number of hydrogen-bond acceptors (Lipinski definition) is 4. The summed E-state index contributed by atoms with van der Waals surface area (Å²) in [7, 11) is 2.10. The molecule has 0 aromatic heterocycles. The van der Waals surface area contributed by atoms with Gasteiger partial charge in [0.15, 0.2) is 0 Å². The van der Waals surface area contributed by atoms with Gasteiger partial charge in [0.2, 0.25) is 0 Å². The minimum absolute atomic E-state index is 0.357. The fourth-order valence-corrected chi connectivity index (χ4v) is 1.70. The highest BCUT2D eigenvalue weighted by molar-refractivity contribution is 5.72. The second kappa shape index (κ2) is 9.67. The van der Waals surface area contributed by atoms with Gasteiger partial charge in [0, 0.05) is 26.0 Å². The second-order valence-electron chi connectivity index (χ2n) is 5.44. The molecular weight excluding hydrogens is 242 g/mol. The van der Waals surface area contributed by atoms with E-state index in [0.29, 0.717) is 12.3 Å². The molecule has 0 aromatic rings. The van der Waals surface area contributed by atoms with Gasteiger partial charge < -0.3 is 20.6 Å². The third-order valence-corrected chi connectivity index (χ3v) is 2.78. The van der Waals surface area contributed by atoms with Crippen molar-refractivity contribution in [1.82, 2.24) is 9.80 Å². The van der Waals surface area contributed by atoms with Crippen LogP contribution in [-0.4, -0.2) is 47.2 Å². The van der Waals surface area contributed by atoms with Crippen molar-refractivity contribution < 1.29 is 9.90 Å². The molecule has 0 fully saturated rings. The molecule has 19 heavy (non-hydrogen) atoms. The average Bonchev–Trinajstić information content (AvgIpc) is 2.72. The van der Waals surface area contributed by atoms with E-state index in [1.807, 2.05) is 13.8 Å². The average molecular weight is 271 g/mol. The fourth-order valence-electron chi connectivity index (χ4n) is 1.70. The molecule has 1 aliphatic heterocycles. The Hall–Kier alpha value is -1.23. The first-order valence-corrected chi connectivity index (χ1v) is 6.97. The summed E-state index contributed by atoms with van der Waals surface area (Å²) in [5.74, 6) is -0.556. The topological polar surface area (TPSA) is 69.8 Å². The number of carbonyl (C=O) groups is 1. The van der Waals surface area contributed by atoms with Gasteiger partial charge in [-0.05, 0) is 18.8 Å². The van der Waals surface area contributed by atoms with Crippen molar-refractivity contribution >= 4 is 5.97 Å². The molecule has 0 aromatic carbocycles. The van der Waals surface area contributed by atoms with Gasteiger partial charge in [0.1, 0.15) is 6.04 Å². The Morgan fingerprint density at radius 2 is 2.05 bits per heavy atom. The molecule has 3 N–H and O–H groups in total. The molecule has 1 heterocycles. The molecule has 112 valence electrons. The number of nitrogens with zero attached hydrogens (tertiary/aromatic N) is 2. The second-order valence-corrected chi connectivity index (χ2v) is 5.44. The third-order valence-electron chi connectivity index (χ3n) is 2.78. The molecule has 0 spiro atoms. The number of aliphatic carboxylic acids is 1. The molecule has 5 nitrogen and oxygen atoms in total. The van der Waals surface area contributed by atoms with Crippen LogP contribution in [0.5, 0.6) is 0 Å². The highest BCUT2D eigenvalue weighted by Crippen LogP contribution is 2.04. The SMILES string of the molecule is CC(C)CC(N)C(=O)O.CCCCN1C=CN(C)C1. The lowest BCUT2D eigenvalue weighted by atomic mass is 10.1. The zero-order valence-electron chi connectivity index (χ0n) is 12.7. The zero-order valence-corrected chi connectivity index (χ0v) is 12.7. The zero-order chi connectivity index (χ0) is 14.8. The van der Waals surface area contributed by atoms with Crippen molar-refractivity contribution in [2.75, 3.05) is 20.3 Å². The van der Waals surface area contributed by atoms with Crippen molar-refractivity contribution in [2.24, 2.45) is 11.7 Å². The Labute approximate surface area is 117 Å². The number of hydrogen-bond donors (Lipinski definition) is 2. The van der Waals surface area contributed by atoms with E-state index >= 15 is 0 Å². The molecule has 0 saturated carbocycles. The van der Waals surface area contributed by atoms with Crippen molar-refractivity contribution in [3.63, 3.8) is 0 Å². The number of rotatable bonds is 6. The first-order valence-electron chi connectivity index (χ1n) is 6.97. The Balaban J connectivity index is 0.000000344. The van der Waals surface area contributed by atoms with Crippen LogP contribution in [0.25, 0.3) is 0 Å². The molecular formula is C14H29N3O2. The smallest absolute Gasteiger partial charge is 0.320 e. The fraction of sp³-hybridized carbons (Fsp3) is 0.786. The third kappa shape index (κ3) is 9.36. The predicted octanol–water partition coefficient (Wildman–Crippen LogP) is 1.91. The van der Waals surface area contributed by atoms with Crippen LogP contribution in [0.15, 0.2) is 12.4 Å². The summed E-state index contributed by atoms with van der Waals surface area (Å²) in [6, 6.07) is -0.690. The van der Waals surface area contributed by atoms with Gasteiger partial charge in [-0.25, -0.2) is 0 Å². The molecule has 0 radical (unpaired) electrons. The molecule has 1 aliphatic rings. The van der Waals surface area contributed by atoms with Gasteiger partial charge >= 0.3 is 5.97 Å². The van der Waals surface area contributed by atoms with E-state index in [1.165, 1.54) is 19.4 Å². The van der Waals surface area contributed by atoms with E-state index in [-0.39, 0.29) is 0 Å². The first-order chi connectivity index (χ1) is 8.86. The monoisotopic (exact) mass is 271 g/mol. The van der Waals surface area contributed by atoms with Crippen molar-refractivity contribution in [1.29, 1.82) is 0 Å². The van der Waals surface area contributed by atoms with Crippen LogP contribution in [0.3, 0.4) is 0 Å². The van der Waals surface area contributed by atoms with E-state index < -0.39 is 12.0 Å². The van der Waals surface area contributed by atoms with Gasteiger partial charge in [-0.1, -0.05) is 27.2 Å². The standard InChI is InChI=1S/C8H16N2.C6H13NO2/c1-3-4-5-10-7-6-9(2)8-10;1-4(2)3-5(7)6(8)9/h6-7H,3-5,8H2,1-2H3;4-5H,3,7H2,1-2H3,(H,8,9). The van der Waals surface area contributed by atoms with E-state index in [4.69, 9.17) is 10.8 Å². The lowest BCUT2D eigenvalue weighted by Gasteiger charge is -2.17. The Bertz CT molecular complexity index is 280. The lowest BCUT2D eigenvalue weighted by Crippen LogP contribution is -2.31. The molecule has 1 atom stereocenters. The molecule has 5 heteroatoms. The van der Waals surface area contributed by atoms with Crippen LogP contribution < -0.4 is 5.73 Å². The van der Waals surface area contributed by atoms with Crippen molar-refractivity contribution in [3.05, 3.63) is 12.4 Å². The quantitative estimate of drug-likeness (QED) is 0.772. The molecule has 1 unspecified atom stereocenters. The molecule has 0 aliphatic carbocycles. The van der Waals surface area contributed by atoms with E-state index in [2.05, 4.69) is 36.2 Å². The van der Waals surface area contributed by atoms with Gasteiger partial charge in [-0.15, -0.1) is 0 Å². The van der Waals surface area contributed by atoms with Crippen molar-refractivity contribution in [2.45, 2.75) is 46.1 Å². The summed E-state index contributed by atoms with van der Waals surface area (Å²) in [6.07, 6.45) is 7.42. The summed E-state index contributed by atoms with van der Waals surface area (Å²) in [6.45, 7) is 8.40. The Kier molecular flexibility index (Phi) is 9.04. The summed E-state index contributed by atoms with van der Waals surface area (Å²) in [4.78, 5) is 14.6. The minimum atomic E-state index is -0.913. The highest BCUT2D eigenvalue weighted by Gasteiger charge is 2.11. The summed E-state index contributed by atoms with van der Waals surface area (Å²) in [5.41, 5.74) is 5.22. The number of carboxylic acid groups (broad SMARTS) is 1. The maximum Gasteiger partial charge on any atom is 0.320 e. The summed E-state index contributed by atoms with van der Waals surface area (Å²) in [5, 5.41) is 8.31. The predicted molar refractivity (Wildman–Crippen MR) is 78.5 cm³/mol. The first kappa shape index (κ1) is 17.8. The Morgan fingerprint density at radius 3 is 2.37 bits per heavy atom. The van der Waals surface area contributed by atoms with Crippen LogP contribution in [0, 0.1) is 5.92 Å². The van der Waals surface area contributed by atoms with Gasteiger partial charge in [0.05, 0.1) is 6.67 Å². The Morgan fingerprint density at radius 1 is 1.42 bits per heavy atom. The number of carboxylic acids is 1. The number of unbranched alkanes of at least 4 members (excludes halogenated alkanes) is 1. The largest absolute Gasteiger partial charge is 0.480 e. The lowest BCUT2D eigenvalue weighted by molar-refractivity contribution is -0.138. The maximum absolute atomic E-state index is 10.1. The summed E-state index contributed by atoms with van der Waals surface area (Å²) >= 11 is 0. The molecule has 1 rings (SSSR count). The van der Waals surface area contributed by atoms with Crippen LogP contribution in [0.4, 0.5) is 0 Å². The van der Waals surface area contributed by atoms with Crippen molar-refractivity contribution in [3.8, 4) is 0 Å². The van der Waals surface area contributed by atoms with Gasteiger partial charge in [-0.3, -0.25) is 4.79 Å².